The molecule has 1 aromatic rings. The predicted octanol–water partition coefficient (Wildman–Crippen LogP) is 1.28. The summed E-state index contributed by atoms with van der Waals surface area (Å²) < 4.78 is 22.4. The molecule has 0 saturated carbocycles. The lowest BCUT2D eigenvalue weighted by Crippen LogP contribution is -2.20. The van der Waals surface area contributed by atoms with E-state index in [9.17, 15) is 13.2 Å². The summed E-state index contributed by atoms with van der Waals surface area (Å²) in [5.74, 6) is -0.167. The van der Waals surface area contributed by atoms with E-state index in [4.69, 9.17) is 0 Å². The molecule has 92 valence electrons. The highest BCUT2D eigenvalue weighted by atomic mass is 32.2. The third-order valence-electron chi connectivity index (χ3n) is 2.14. The minimum atomic E-state index is -3.16. The zero-order chi connectivity index (χ0) is 12.9. The number of allylic oxidation sites excluding steroid dienone is 1. The summed E-state index contributed by atoms with van der Waals surface area (Å²) in [4.78, 5) is 11.4. The maximum absolute atomic E-state index is 11.2. The SMILES string of the molecule is CC=CC(=O)NCc1ccc(S(C)(=O)=O)cc1. The lowest BCUT2D eigenvalue weighted by atomic mass is 10.2. The van der Waals surface area contributed by atoms with Crippen LogP contribution in [0.4, 0.5) is 0 Å². The summed E-state index contributed by atoms with van der Waals surface area (Å²) in [5, 5.41) is 2.68. The number of carbonyl (C=O) groups excluding carboxylic acids is 1. The largest absolute Gasteiger partial charge is 0.348 e. The maximum Gasteiger partial charge on any atom is 0.243 e. The smallest absolute Gasteiger partial charge is 0.243 e. The molecule has 1 amide bonds. The van der Waals surface area contributed by atoms with Crippen molar-refractivity contribution in [2.75, 3.05) is 6.26 Å². The Hall–Kier alpha value is -1.62. The van der Waals surface area contributed by atoms with Crippen LogP contribution < -0.4 is 5.32 Å². The van der Waals surface area contributed by atoms with Gasteiger partial charge in [-0.1, -0.05) is 18.2 Å². The minimum absolute atomic E-state index is 0.167. The van der Waals surface area contributed by atoms with Crippen LogP contribution in [0.25, 0.3) is 0 Å². The number of amides is 1. The van der Waals surface area contributed by atoms with E-state index in [1.165, 1.54) is 18.2 Å². The lowest BCUT2D eigenvalue weighted by molar-refractivity contribution is -0.116. The monoisotopic (exact) mass is 253 g/mol. The molecule has 0 unspecified atom stereocenters. The second-order valence-corrected chi connectivity index (χ2v) is 5.65. The molecule has 0 spiro atoms. The van der Waals surface area contributed by atoms with Gasteiger partial charge in [-0.15, -0.1) is 0 Å². The fourth-order valence-corrected chi connectivity index (χ4v) is 1.88. The molecule has 0 saturated heterocycles. The molecular weight excluding hydrogens is 238 g/mol. The van der Waals surface area contributed by atoms with Crippen LogP contribution in [-0.4, -0.2) is 20.6 Å². The molecule has 0 aliphatic rings. The van der Waals surface area contributed by atoms with Gasteiger partial charge in [0, 0.05) is 12.8 Å². The number of benzene rings is 1. The number of hydrogen-bond donors (Lipinski definition) is 1. The summed E-state index contributed by atoms with van der Waals surface area (Å²) in [7, 11) is -3.16. The van der Waals surface area contributed by atoms with Gasteiger partial charge in [-0.25, -0.2) is 8.42 Å². The van der Waals surface area contributed by atoms with E-state index in [1.807, 2.05) is 0 Å². The van der Waals surface area contributed by atoms with E-state index in [2.05, 4.69) is 5.32 Å². The van der Waals surface area contributed by atoms with Crippen LogP contribution in [0.3, 0.4) is 0 Å². The van der Waals surface area contributed by atoms with Gasteiger partial charge in [0.2, 0.25) is 5.91 Å². The van der Waals surface area contributed by atoms with Crippen molar-refractivity contribution in [2.24, 2.45) is 0 Å². The Labute approximate surface area is 101 Å². The molecule has 4 nitrogen and oxygen atoms in total. The summed E-state index contributed by atoms with van der Waals surface area (Å²) >= 11 is 0. The topological polar surface area (TPSA) is 63.2 Å². The van der Waals surface area contributed by atoms with Gasteiger partial charge < -0.3 is 5.32 Å². The van der Waals surface area contributed by atoms with Crippen molar-refractivity contribution >= 4 is 15.7 Å². The first-order valence-corrected chi connectivity index (χ1v) is 7.02. The Morgan fingerprint density at radius 2 is 1.88 bits per heavy atom. The third kappa shape index (κ3) is 4.40. The summed E-state index contributed by atoms with van der Waals surface area (Å²) in [6.45, 7) is 2.15. The molecule has 0 fully saturated rings. The summed E-state index contributed by atoms with van der Waals surface area (Å²) in [5.41, 5.74) is 0.857. The molecule has 0 atom stereocenters. The molecule has 0 aliphatic heterocycles. The summed E-state index contributed by atoms with van der Waals surface area (Å²) in [6, 6.07) is 6.44. The van der Waals surface area contributed by atoms with Gasteiger partial charge in [-0.05, 0) is 30.7 Å². The molecule has 1 rings (SSSR count). The van der Waals surface area contributed by atoms with Gasteiger partial charge in [0.1, 0.15) is 0 Å². The Bertz CT molecular complexity index is 515. The highest BCUT2D eigenvalue weighted by Crippen LogP contribution is 2.09. The van der Waals surface area contributed by atoms with Gasteiger partial charge in [0.25, 0.3) is 0 Å². The van der Waals surface area contributed by atoms with Crippen LogP contribution in [0.15, 0.2) is 41.3 Å². The molecule has 0 radical (unpaired) electrons. The molecule has 17 heavy (non-hydrogen) atoms. The lowest BCUT2D eigenvalue weighted by Gasteiger charge is -2.03. The van der Waals surface area contributed by atoms with E-state index in [0.29, 0.717) is 6.54 Å². The maximum atomic E-state index is 11.2. The van der Waals surface area contributed by atoms with Gasteiger partial charge >= 0.3 is 0 Å². The summed E-state index contributed by atoms with van der Waals surface area (Å²) in [6.07, 6.45) is 4.25. The van der Waals surface area contributed by atoms with Crippen molar-refractivity contribution in [3.8, 4) is 0 Å². The molecule has 5 heteroatoms. The van der Waals surface area contributed by atoms with Gasteiger partial charge in [0.05, 0.1) is 4.90 Å². The van der Waals surface area contributed by atoms with E-state index < -0.39 is 9.84 Å². The van der Waals surface area contributed by atoms with Crippen molar-refractivity contribution in [1.29, 1.82) is 0 Å². The fraction of sp³-hybridized carbons (Fsp3) is 0.250. The molecule has 1 N–H and O–H groups in total. The van der Waals surface area contributed by atoms with E-state index >= 15 is 0 Å². The third-order valence-corrected chi connectivity index (χ3v) is 3.26. The number of rotatable bonds is 4. The van der Waals surface area contributed by atoms with Crippen molar-refractivity contribution in [1.82, 2.24) is 5.32 Å². The number of hydrogen-bond acceptors (Lipinski definition) is 3. The quantitative estimate of drug-likeness (QED) is 0.822. The Balaban J connectivity index is 2.67. The van der Waals surface area contributed by atoms with E-state index in [0.717, 1.165) is 11.8 Å². The zero-order valence-corrected chi connectivity index (χ0v) is 10.6. The van der Waals surface area contributed by atoms with Crippen LogP contribution in [-0.2, 0) is 21.2 Å². The van der Waals surface area contributed by atoms with Crippen LogP contribution in [0.2, 0.25) is 0 Å². The molecule has 0 aromatic heterocycles. The number of sulfone groups is 1. The van der Waals surface area contributed by atoms with Crippen molar-refractivity contribution in [3.05, 3.63) is 42.0 Å². The van der Waals surface area contributed by atoms with E-state index in [-0.39, 0.29) is 10.8 Å². The minimum Gasteiger partial charge on any atom is -0.348 e. The fourth-order valence-electron chi connectivity index (χ4n) is 1.25. The first kappa shape index (κ1) is 13.4. The average molecular weight is 253 g/mol. The van der Waals surface area contributed by atoms with Gasteiger partial charge in [-0.2, -0.15) is 0 Å². The Morgan fingerprint density at radius 1 is 1.29 bits per heavy atom. The van der Waals surface area contributed by atoms with Crippen molar-refractivity contribution in [3.63, 3.8) is 0 Å². The molecular formula is C12H15NO3S. The molecule has 0 aliphatic carbocycles. The molecule has 0 bridgehead atoms. The molecule has 1 aromatic carbocycles. The second kappa shape index (κ2) is 5.63. The molecule has 0 heterocycles. The van der Waals surface area contributed by atoms with Crippen molar-refractivity contribution in [2.45, 2.75) is 18.4 Å². The highest BCUT2D eigenvalue weighted by Gasteiger charge is 2.05. The number of carbonyl (C=O) groups is 1. The van der Waals surface area contributed by atoms with Crippen LogP contribution in [0, 0.1) is 0 Å². The van der Waals surface area contributed by atoms with Gasteiger partial charge in [0.15, 0.2) is 9.84 Å². The second-order valence-electron chi connectivity index (χ2n) is 3.63. The average Bonchev–Trinajstić information content (AvgIpc) is 2.26. The first-order valence-electron chi connectivity index (χ1n) is 5.13. The standard InChI is InChI=1S/C12H15NO3S/c1-3-4-12(14)13-9-10-5-7-11(8-6-10)17(2,15)16/h3-8H,9H2,1-2H3,(H,13,14). The van der Waals surface area contributed by atoms with Crippen LogP contribution >= 0.6 is 0 Å². The van der Waals surface area contributed by atoms with Crippen LogP contribution in [0.1, 0.15) is 12.5 Å². The van der Waals surface area contributed by atoms with Gasteiger partial charge in [-0.3, -0.25) is 4.79 Å². The van der Waals surface area contributed by atoms with E-state index in [1.54, 1.807) is 25.1 Å². The zero-order valence-electron chi connectivity index (χ0n) is 9.80. The predicted molar refractivity (Wildman–Crippen MR) is 66.2 cm³/mol. The van der Waals surface area contributed by atoms with Crippen molar-refractivity contribution < 1.29 is 13.2 Å². The number of nitrogens with one attached hydrogen (secondary N) is 1. The Morgan fingerprint density at radius 3 is 2.35 bits per heavy atom. The normalized spacial score (nSPS) is 11.6. The van der Waals surface area contributed by atoms with Crippen LogP contribution in [0.5, 0.6) is 0 Å². The highest BCUT2D eigenvalue weighted by molar-refractivity contribution is 7.90. The first-order chi connectivity index (χ1) is 7.93. The Kier molecular flexibility index (Phi) is 4.45.